The lowest BCUT2D eigenvalue weighted by atomic mass is 9.93. The van der Waals surface area contributed by atoms with Gasteiger partial charge in [-0.15, -0.1) is 0 Å². The molecule has 0 aliphatic carbocycles. The van der Waals surface area contributed by atoms with Crippen LogP contribution in [0, 0.1) is 5.41 Å². The van der Waals surface area contributed by atoms with Gasteiger partial charge in [0.15, 0.2) is 0 Å². The molecule has 0 saturated heterocycles. The first kappa shape index (κ1) is 11.8. The lowest BCUT2D eigenvalue weighted by Crippen LogP contribution is -2.11. The highest BCUT2D eigenvalue weighted by atomic mass is 16.5. The molecule has 0 spiro atoms. The molecule has 0 unspecified atom stereocenters. The molecule has 15 heavy (non-hydrogen) atoms. The third-order valence-electron chi connectivity index (χ3n) is 2.12. The third kappa shape index (κ3) is 4.68. The Morgan fingerprint density at radius 3 is 2.67 bits per heavy atom. The largest absolute Gasteiger partial charge is 0.492 e. The summed E-state index contributed by atoms with van der Waals surface area (Å²) in [5.74, 6) is 0.825. The topological polar surface area (TPSA) is 34.2 Å². The van der Waals surface area contributed by atoms with Crippen molar-refractivity contribution in [2.75, 3.05) is 19.0 Å². The summed E-state index contributed by atoms with van der Waals surface area (Å²) in [5, 5.41) is 3.03. The summed E-state index contributed by atoms with van der Waals surface area (Å²) >= 11 is 0. The monoisotopic (exact) mass is 208 g/mol. The van der Waals surface area contributed by atoms with Crippen LogP contribution >= 0.6 is 0 Å². The zero-order valence-corrected chi connectivity index (χ0v) is 10.0. The molecule has 0 amide bonds. The lowest BCUT2D eigenvalue weighted by Gasteiger charge is -2.18. The molecule has 0 aliphatic heterocycles. The van der Waals surface area contributed by atoms with Crippen LogP contribution in [0.15, 0.2) is 18.5 Å². The number of nitrogens with zero attached hydrogens (tertiary/aromatic N) is 1. The Morgan fingerprint density at radius 2 is 2.07 bits per heavy atom. The van der Waals surface area contributed by atoms with Crippen molar-refractivity contribution in [3.8, 4) is 5.75 Å². The molecule has 1 aromatic rings. The Hall–Kier alpha value is -1.25. The average Bonchev–Trinajstić information content (AvgIpc) is 2.16. The summed E-state index contributed by atoms with van der Waals surface area (Å²) in [7, 11) is 1.87. The van der Waals surface area contributed by atoms with Crippen LogP contribution in [0.5, 0.6) is 5.75 Å². The van der Waals surface area contributed by atoms with Gasteiger partial charge in [-0.3, -0.25) is 4.98 Å². The van der Waals surface area contributed by atoms with Gasteiger partial charge in [0.25, 0.3) is 0 Å². The van der Waals surface area contributed by atoms with Crippen LogP contribution in [-0.4, -0.2) is 18.6 Å². The maximum atomic E-state index is 5.62. The van der Waals surface area contributed by atoms with Gasteiger partial charge in [0.05, 0.1) is 24.7 Å². The van der Waals surface area contributed by atoms with Gasteiger partial charge in [-0.05, 0) is 11.8 Å². The summed E-state index contributed by atoms with van der Waals surface area (Å²) in [6.07, 6.45) is 4.55. The Kier molecular flexibility index (Phi) is 3.95. The molecule has 0 aromatic carbocycles. The van der Waals surface area contributed by atoms with Crippen molar-refractivity contribution in [3.63, 3.8) is 0 Å². The number of hydrogen-bond donors (Lipinski definition) is 1. The van der Waals surface area contributed by atoms with Gasteiger partial charge in [-0.25, -0.2) is 0 Å². The van der Waals surface area contributed by atoms with E-state index in [0.29, 0.717) is 5.41 Å². The Balaban J connectivity index is 2.44. The average molecular weight is 208 g/mol. The molecule has 3 nitrogen and oxygen atoms in total. The molecule has 0 atom stereocenters. The van der Waals surface area contributed by atoms with Crippen LogP contribution in [0.2, 0.25) is 0 Å². The molecule has 3 heteroatoms. The Morgan fingerprint density at radius 1 is 1.33 bits per heavy atom. The van der Waals surface area contributed by atoms with E-state index >= 15 is 0 Å². The van der Waals surface area contributed by atoms with Crippen LogP contribution in [0.25, 0.3) is 0 Å². The highest BCUT2D eigenvalue weighted by Crippen LogP contribution is 2.20. The minimum Gasteiger partial charge on any atom is -0.492 e. The SMILES string of the molecule is CNc1cncc(OCCC(C)(C)C)c1. The van der Waals surface area contributed by atoms with Crippen molar-refractivity contribution in [1.82, 2.24) is 4.98 Å². The van der Waals surface area contributed by atoms with Crippen LogP contribution < -0.4 is 10.1 Å². The van der Waals surface area contributed by atoms with Crippen LogP contribution in [0.3, 0.4) is 0 Å². The summed E-state index contributed by atoms with van der Waals surface area (Å²) in [6, 6.07) is 1.95. The first-order valence-corrected chi connectivity index (χ1v) is 5.27. The number of anilines is 1. The normalized spacial score (nSPS) is 11.2. The molecular weight excluding hydrogens is 188 g/mol. The van der Waals surface area contributed by atoms with E-state index in [4.69, 9.17) is 4.74 Å². The summed E-state index contributed by atoms with van der Waals surface area (Å²) in [4.78, 5) is 4.08. The molecule has 1 N–H and O–H groups in total. The molecule has 0 radical (unpaired) electrons. The summed E-state index contributed by atoms with van der Waals surface area (Å²) < 4.78 is 5.62. The predicted octanol–water partition coefficient (Wildman–Crippen LogP) is 2.94. The van der Waals surface area contributed by atoms with Crippen molar-refractivity contribution < 1.29 is 4.74 Å². The van der Waals surface area contributed by atoms with Crippen molar-refractivity contribution in [2.24, 2.45) is 5.41 Å². The molecule has 84 valence electrons. The first-order valence-electron chi connectivity index (χ1n) is 5.27. The van der Waals surface area contributed by atoms with Gasteiger partial charge in [-0.1, -0.05) is 20.8 Å². The molecular formula is C12H20N2O. The number of aromatic nitrogens is 1. The zero-order chi connectivity index (χ0) is 11.3. The van der Waals surface area contributed by atoms with Crippen molar-refractivity contribution in [3.05, 3.63) is 18.5 Å². The predicted molar refractivity (Wildman–Crippen MR) is 63.4 cm³/mol. The minimum atomic E-state index is 0.314. The van der Waals surface area contributed by atoms with Crippen LogP contribution in [0.4, 0.5) is 5.69 Å². The molecule has 0 aliphatic rings. The van der Waals surface area contributed by atoms with Gasteiger partial charge in [0, 0.05) is 13.1 Å². The summed E-state index contributed by atoms with van der Waals surface area (Å²) in [5.41, 5.74) is 1.29. The van der Waals surface area contributed by atoms with E-state index in [1.807, 2.05) is 13.1 Å². The van der Waals surface area contributed by atoms with Crippen molar-refractivity contribution in [1.29, 1.82) is 0 Å². The second-order valence-electron chi connectivity index (χ2n) is 4.82. The van der Waals surface area contributed by atoms with E-state index in [1.165, 1.54) is 0 Å². The van der Waals surface area contributed by atoms with Crippen molar-refractivity contribution in [2.45, 2.75) is 27.2 Å². The van der Waals surface area contributed by atoms with Gasteiger partial charge in [-0.2, -0.15) is 0 Å². The molecule has 0 saturated carbocycles. The van der Waals surface area contributed by atoms with E-state index in [-0.39, 0.29) is 0 Å². The Labute approximate surface area is 91.9 Å². The number of rotatable bonds is 4. The standard InChI is InChI=1S/C12H20N2O/c1-12(2,3)5-6-15-11-7-10(13-4)8-14-9-11/h7-9,13H,5-6H2,1-4H3. The highest BCUT2D eigenvalue weighted by Gasteiger charge is 2.09. The molecule has 0 fully saturated rings. The first-order chi connectivity index (χ1) is 7.01. The van der Waals surface area contributed by atoms with Gasteiger partial charge < -0.3 is 10.1 Å². The lowest BCUT2D eigenvalue weighted by molar-refractivity contribution is 0.242. The van der Waals surface area contributed by atoms with Gasteiger partial charge in [0.2, 0.25) is 0 Å². The zero-order valence-electron chi connectivity index (χ0n) is 10.0. The second-order valence-corrected chi connectivity index (χ2v) is 4.82. The minimum absolute atomic E-state index is 0.314. The van der Waals surface area contributed by atoms with E-state index in [1.54, 1.807) is 12.4 Å². The third-order valence-corrected chi connectivity index (χ3v) is 2.12. The van der Waals surface area contributed by atoms with Gasteiger partial charge in [0.1, 0.15) is 5.75 Å². The molecule has 1 rings (SSSR count). The van der Waals surface area contributed by atoms with Gasteiger partial charge >= 0.3 is 0 Å². The second kappa shape index (κ2) is 5.01. The number of hydrogen-bond acceptors (Lipinski definition) is 3. The fourth-order valence-electron chi connectivity index (χ4n) is 1.11. The van der Waals surface area contributed by atoms with Crippen LogP contribution in [0.1, 0.15) is 27.2 Å². The number of ether oxygens (including phenoxy) is 1. The smallest absolute Gasteiger partial charge is 0.139 e. The molecule has 1 aromatic heterocycles. The molecule has 0 bridgehead atoms. The highest BCUT2D eigenvalue weighted by molar-refractivity contribution is 5.44. The van der Waals surface area contributed by atoms with E-state index in [9.17, 15) is 0 Å². The van der Waals surface area contributed by atoms with Crippen LogP contribution in [-0.2, 0) is 0 Å². The summed E-state index contributed by atoms with van der Waals surface area (Å²) in [6.45, 7) is 7.36. The fraction of sp³-hybridized carbons (Fsp3) is 0.583. The maximum absolute atomic E-state index is 5.62. The fourth-order valence-corrected chi connectivity index (χ4v) is 1.11. The number of pyridine rings is 1. The van der Waals surface area contributed by atoms with E-state index < -0.39 is 0 Å². The van der Waals surface area contributed by atoms with E-state index in [0.717, 1.165) is 24.5 Å². The quantitative estimate of drug-likeness (QED) is 0.826. The maximum Gasteiger partial charge on any atom is 0.139 e. The van der Waals surface area contributed by atoms with Crippen molar-refractivity contribution >= 4 is 5.69 Å². The Bertz CT molecular complexity index is 305. The van der Waals surface area contributed by atoms with E-state index in [2.05, 4.69) is 31.1 Å². The molecule has 1 heterocycles. The number of nitrogens with one attached hydrogen (secondary N) is 1.